The van der Waals surface area contributed by atoms with E-state index in [2.05, 4.69) is 10.1 Å². The second kappa shape index (κ2) is 5.18. The first-order valence-electron chi connectivity index (χ1n) is 6.77. The Morgan fingerprint density at radius 2 is 2.00 bits per heavy atom. The predicted molar refractivity (Wildman–Crippen MR) is 80.4 cm³/mol. The first-order valence-corrected chi connectivity index (χ1v) is 6.77. The van der Waals surface area contributed by atoms with Crippen molar-refractivity contribution in [2.45, 2.75) is 20.5 Å². The number of fused-ring (bicyclic) bond motifs is 1. The molecule has 0 aliphatic carbocycles. The molecule has 3 aromatic rings. The summed E-state index contributed by atoms with van der Waals surface area (Å²) in [5, 5.41) is 14.6. The Balaban J connectivity index is 2.15. The van der Waals surface area contributed by atoms with Gasteiger partial charge in [-0.1, -0.05) is 12.1 Å². The third-order valence-electron chi connectivity index (χ3n) is 3.55. The van der Waals surface area contributed by atoms with Crippen LogP contribution in [0.3, 0.4) is 0 Å². The number of rotatable bonds is 3. The Labute approximate surface area is 122 Å². The molecule has 5 heteroatoms. The zero-order chi connectivity index (χ0) is 15.0. The minimum Gasteiger partial charge on any atom is -0.453 e. The summed E-state index contributed by atoms with van der Waals surface area (Å²) in [5.41, 5.74) is 3.18. The molecular formula is C16H17N3O2. The van der Waals surface area contributed by atoms with Gasteiger partial charge in [0.15, 0.2) is 5.75 Å². The molecule has 1 N–H and O–H groups in total. The molecule has 2 aromatic heterocycles. The van der Waals surface area contributed by atoms with Crippen LogP contribution in [0.4, 0.5) is 0 Å². The predicted octanol–water partition coefficient (Wildman–Crippen LogP) is 2.87. The number of aryl methyl sites for hydroxylation is 2. The summed E-state index contributed by atoms with van der Waals surface area (Å²) in [4.78, 5) is 4.40. The summed E-state index contributed by atoms with van der Waals surface area (Å²) >= 11 is 0. The molecule has 0 atom stereocenters. The number of ether oxygens (including phenoxy) is 1. The molecule has 1 aromatic carbocycles. The normalized spacial score (nSPS) is 11.0. The highest BCUT2D eigenvalue weighted by Crippen LogP contribution is 2.33. The Kier molecular flexibility index (Phi) is 3.35. The fourth-order valence-electron chi connectivity index (χ4n) is 2.37. The highest BCUT2D eigenvalue weighted by Gasteiger charge is 2.14. The largest absolute Gasteiger partial charge is 0.453 e. The number of aromatic nitrogens is 3. The number of pyridine rings is 1. The zero-order valence-electron chi connectivity index (χ0n) is 12.3. The topological polar surface area (TPSA) is 60.2 Å². The Morgan fingerprint density at radius 1 is 1.24 bits per heavy atom. The van der Waals surface area contributed by atoms with Crippen molar-refractivity contribution in [1.29, 1.82) is 0 Å². The number of hydrogen-bond acceptors (Lipinski definition) is 4. The summed E-state index contributed by atoms with van der Waals surface area (Å²) in [6.45, 7) is 3.76. The SMILES string of the molecule is Cc1nn(C)c(C)c1Oc1cc(CO)nc2ccccc12. The van der Waals surface area contributed by atoms with Crippen LogP contribution >= 0.6 is 0 Å². The van der Waals surface area contributed by atoms with E-state index >= 15 is 0 Å². The minimum atomic E-state index is -0.119. The molecule has 3 rings (SSSR count). The number of hydrogen-bond donors (Lipinski definition) is 1. The molecule has 0 fully saturated rings. The molecule has 0 radical (unpaired) electrons. The molecule has 2 heterocycles. The average molecular weight is 283 g/mol. The molecular weight excluding hydrogens is 266 g/mol. The lowest BCUT2D eigenvalue weighted by Crippen LogP contribution is -1.96. The fourth-order valence-corrected chi connectivity index (χ4v) is 2.37. The standard InChI is InChI=1S/C16H17N3O2/c1-10-16(11(2)19(3)18-10)21-15-8-12(9-20)17-14-7-5-4-6-13(14)15/h4-8,20H,9H2,1-3H3. The average Bonchev–Trinajstić information content (AvgIpc) is 2.73. The van der Waals surface area contributed by atoms with Crippen LogP contribution in [-0.4, -0.2) is 19.9 Å². The van der Waals surface area contributed by atoms with E-state index in [0.29, 0.717) is 11.4 Å². The third kappa shape index (κ3) is 2.36. The fraction of sp³-hybridized carbons (Fsp3) is 0.250. The summed E-state index contributed by atoms with van der Waals surface area (Å²) in [5.74, 6) is 1.43. The molecule has 0 saturated carbocycles. The summed E-state index contributed by atoms with van der Waals surface area (Å²) < 4.78 is 7.87. The van der Waals surface area contributed by atoms with Gasteiger partial charge in [0.05, 0.1) is 23.5 Å². The van der Waals surface area contributed by atoms with E-state index in [4.69, 9.17) is 4.74 Å². The van der Waals surface area contributed by atoms with Gasteiger partial charge < -0.3 is 9.84 Å². The maximum atomic E-state index is 9.37. The number of aliphatic hydroxyl groups is 1. The summed E-state index contributed by atoms with van der Waals surface area (Å²) in [6.07, 6.45) is 0. The molecule has 0 spiro atoms. The van der Waals surface area contributed by atoms with Crippen LogP contribution in [0.5, 0.6) is 11.5 Å². The van der Waals surface area contributed by atoms with Gasteiger partial charge in [-0.2, -0.15) is 5.10 Å². The van der Waals surface area contributed by atoms with Gasteiger partial charge in [-0.25, -0.2) is 0 Å². The van der Waals surface area contributed by atoms with Gasteiger partial charge in [0.2, 0.25) is 0 Å². The van der Waals surface area contributed by atoms with E-state index in [-0.39, 0.29) is 6.61 Å². The molecule has 0 aliphatic rings. The quantitative estimate of drug-likeness (QED) is 0.803. The Bertz CT molecular complexity index is 809. The highest BCUT2D eigenvalue weighted by atomic mass is 16.5. The molecule has 0 amide bonds. The summed E-state index contributed by atoms with van der Waals surface area (Å²) in [7, 11) is 1.89. The van der Waals surface area contributed by atoms with E-state index in [0.717, 1.165) is 28.0 Å². The smallest absolute Gasteiger partial charge is 0.171 e. The van der Waals surface area contributed by atoms with Crippen molar-refractivity contribution in [2.24, 2.45) is 7.05 Å². The lowest BCUT2D eigenvalue weighted by Gasteiger charge is -2.10. The van der Waals surface area contributed by atoms with Crippen molar-refractivity contribution in [3.8, 4) is 11.5 Å². The Morgan fingerprint density at radius 3 is 2.67 bits per heavy atom. The second-order valence-corrected chi connectivity index (χ2v) is 5.01. The molecule has 0 aliphatic heterocycles. The molecule has 0 saturated heterocycles. The van der Waals surface area contributed by atoms with Crippen LogP contribution in [0, 0.1) is 13.8 Å². The number of para-hydroxylation sites is 1. The van der Waals surface area contributed by atoms with Crippen molar-refractivity contribution in [1.82, 2.24) is 14.8 Å². The third-order valence-corrected chi connectivity index (χ3v) is 3.55. The summed E-state index contributed by atoms with van der Waals surface area (Å²) in [6, 6.07) is 9.50. The maximum absolute atomic E-state index is 9.37. The molecule has 0 unspecified atom stereocenters. The van der Waals surface area contributed by atoms with Crippen molar-refractivity contribution in [2.75, 3.05) is 0 Å². The molecule has 108 valence electrons. The van der Waals surface area contributed by atoms with Crippen LogP contribution < -0.4 is 4.74 Å². The van der Waals surface area contributed by atoms with Crippen LogP contribution in [0.2, 0.25) is 0 Å². The maximum Gasteiger partial charge on any atom is 0.171 e. The van der Waals surface area contributed by atoms with Gasteiger partial charge in [-0.15, -0.1) is 0 Å². The number of benzene rings is 1. The van der Waals surface area contributed by atoms with E-state index in [9.17, 15) is 5.11 Å². The van der Waals surface area contributed by atoms with Gasteiger partial charge >= 0.3 is 0 Å². The van der Waals surface area contributed by atoms with Gasteiger partial charge in [0.25, 0.3) is 0 Å². The van der Waals surface area contributed by atoms with Crippen LogP contribution in [0.15, 0.2) is 30.3 Å². The van der Waals surface area contributed by atoms with Crippen molar-refractivity contribution < 1.29 is 9.84 Å². The second-order valence-electron chi connectivity index (χ2n) is 5.01. The van der Waals surface area contributed by atoms with E-state index in [1.54, 1.807) is 10.7 Å². The highest BCUT2D eigenvalue weighted by molar-refractivity contribution is 5.85. The monoisotopic (exact) mass is 283 g/mol. The van der Waals surface area contributed by atoms with Gasteiger partial charge in [0, 0.05) is 18.5 Å². The molecule has 21 heavy (non-hydrogen) atoms. The number of nitrogens with zero attached hydrogens (tertiary/aromatic N) is 3. The van der Waals surface area contributed by atoms with Gasteiger partial charge in [-0.3, -0.25) is 9.67 Å². The van der Waals surface area contributed by atoms with Crippen LogP contribution in [-0.2, 0) is 13.7 Å². The molecule has 5 nitrogen and oxygen atoms in total. The number of aliphatic hydroxyl groups excluding tert-OH is 1. The Hall–Kier alpha value is -2.40. The van der Waals surface area contributed by atoms with Crippen LogP contribution in [0.25, 0.3) is 10.9 Å². The zero-order valence-corrected chi connectivity index (χ0v) is 12.3. The van der Waals surface area contributed by atoms with E-state index in [1.807, 2.05) is 45.2 Å². The van der Waals surface area contributed by atoms with Crippen molar-refractivity contribution >= 4 is 10.9 Å². The van der Waals surface area contributed by atoms with Crippen molar-refractivity contribution in [3.05, 3.63) is 47.4 Å². The lowest BCUT2D eigenvalue weighted by molar-refractivity contribution is 0.276. The van der Waals surface area contributed by atoms with Gasteiger partial charge in [0.1, 0.15) is 11.4 Å². The minimum absolute atomic E-state index is 0.119. The van der Waals surface area contributed by atoms with E-state index < -0.39 is 0 Å². The first-order chi connectivity index (χ1) is 10.1. The van der Waals surface area contributed by atoms with Gasteiger partial charge in [-0.05, 0) is 26.0 Å². The lowest BCUT2D eigenvalue weighted by atomic mass is 10.2. The first kappa shape index (κ1) is 13.6. The molecule has 0 bridgehead atoms. The van der Waals surface area contributed by atoms with E-state index in [1.165, 1.54) is 0 Å². The van der Waals surface area contributed by atoms with Crippen LogP contribution in [0.1, 0.15) is 17.1 Å². The van der Waals surface area contributed by atoms with Crippen molar-refractivity contribution in [3.63, 3.8) is 0 Å².